The van der Waals surface area contributed by atoms with Gasteiger partial charge in [-0.15, -0.1) is 0 Å². The van der Waals surface area contributed by atoms with Crippen LogP contribution in [0.1, 0.15) is 38.5 Å². The summed E-state index contributed by atoms with van der Waals surface area (Å²) >= 11 is 0. The Morgan fingerprint density at radius 2 is 1.86 bits per heavy atom. The molecule has 2 saturated heterocycles. The molecule has 0 aromatic carbocycles. The Balaban J connectivity index is 1.51. The Hall–Kier alpha value is -0.750. The Bertz CT molecular complexity index is 393. The predicted molar refractivity (Wildman–Crippen MR) is 74.1 cm³/mol. The molecule has 0 radical (unpaired) electrons. The molecule has 4 nitrogen and oxygen atoms in total. The van der Waals surface area contributed by atoms with Crippen LogP contribution in [0.3, 0.4) is 0 Å². The number of carbonyl (C=O) groups excluding carboxylic acids is 1. The van der Waals surface area contributed by atoms with Crippen LogP contribution in [-0.4, -0.2) is 65.1 Å². The molecule has 1 atom stereocenters. The molecule has 1 amide bonds. The number of aliphatic hydroxyl groups excluding tert-OH is 1. The van der Waals surface area contributed by atoms with Crippen LogP contribution in [0.15, 0.2) is 0 Å². The van der Waals surface area contributed by atoms with Crippen molar-refractivity contribution >= 4 is 5.91 Å². The smallest absolute Gasteiger partial charge is 0.262 e. The highest BCUT2D eigenvalue weighted by atomic mass is 19.3. The van der Waals surface area contributed by atoms with E-state index in [0.29, 0.717) is 25.4 Å². The first kappa shape index (κ1) is 15.2. The molecule has 3 rings (SSSR count). The molecule has 1 saturated carbocycles. The molecule has 0 unspecified atom stereocenters. The van der Waals surface area contributed by atoms with Crippen molar-refractivity contribution < 1.29 is 18.7 Å². The van der Waals surface area contributed by atoms with Gasteiger partial charge in [0.2, 0.25) is 5.91 Å². The van der Waals surface area contributed by atoms with E-state index in [-0.39, 0.29) is 31.5 Å². The lowest BCUT2D eigenvalue weighted by atomic mass is 10.0. The Kier molecular flexibility index (Phi) is 4.19. The van der Waals surface area contributed by atoms with Crippen molar-refractivity contribution in [3.05, 3.63) is 0 Å². The number of hydrogen-bond donors (Lipinski definition) is 1. The van der Waals surface area contributed by atoms with Gasteiger partial charge in [0.05, 0.1) is 13.2 Å². The highest BCUT2D eigenvalue weighted by Gasteiger charge is 2.47. The molecule has 1 aliphatic carbocycles. The summed E-state index contributed by atoms with van der Waals surface area (Å²) in [6.07, 6.45) is 4.23. The van der Waals surface area contributed by atoms with E-state index in [1.165, 1.54) is 12.8 Å². The van der Waals surface area contributed by atoms with E-state index in [9.17, 15) is 18.7 Å². The van der Waals surface area contributed by atoms with Gasteiger partial charge in [-0.1, -0.05) is 0 Å². The molecule has 6 heteroatoms. The van der Waals surface area contributed by atoms with Crippen LogP contribution in [0.25, 0.3) is 0 Å². The van der Waals surface area contributed by atoms with Crippen molar-refractivity contribution in [2.75, 3.05) is 26.2 Å². The van der Waals surface area contributed by atoms with Crippen LogP contribution in [-0.2, 0) is 4.79 Å². The number of nitrogens with zero attached hydrogens (tertiary/aromatic N) is 2. The maximum atomic E-state index is 13.5. The second-order valence-corrected chi connectivity index (χ2v) is 6.83. The minimum atomic E-state index is -2.69. The van der Waals surface area contributed by atoms with Crippen LogP contribution in [0.4, 0.5) is 8.78 Å². The van der Waals surface area contributed by atoms with Crippen molar-refractivity contribution in [3.8, 4) is 0 Å². The SMILES string of the molecule is O=C(CC1CC1)N1CCC(N2CC(F)(F)C[C@H]2CO)CC1. The number of hydrogen-bond acceptors (Lipinski definition) is 3. The van der Waals surface area contributed by atoms with E-state index in [2.05, 4.69) is 0 Å². The summed E-state index contributed by atoms with van der Waals surface area (Å²) in [5.41, 5.74) is 0. The second-order valence-electron chi connectivity index (χ2n) is 6.83. The summed E-state index contributed by atoms with van der Waals surface area (Å²) in [6, 6.07) is -0.362. The standard InChI is InChI=1S/C15H24F2N2O2/c16-15(17)8-13(9-20)19(10-15)12-3-5-18(6-4-12)14(21)7-11-1-2-11/h11-13,20H,1-10H2/t13-/m0/s1. The summed E-state index contributed by atoms with van der Waals surface area (Å²) in [5, 5.41) is 9.31. The fraction of sp³-hybridized carbons (Fsp3) is 0.933. The Labute approximate surface area is 124 Å². The lowest BCUT2D eigenvalue weighted by Gasteiger charge is -2.38. The van der Waals surface area contributed by atoms with Gasteiger partial charge >= 0.3 is 0 Å². The number of alkyl halides is 2. The van der Waals surface area contributed by atoms with Gasteiger partial charge in [0.15, 0.2) is 0 Å². The van der Waals surface area contributed by atoms with Gasteiger partial charge in [0.1, 0.15) is 0 Å². The molecule has 2 heterocycles. The minimum Gasteiger partial charge on any atom is -0.395 e. The Morgan fingerprint density at radius 1 is 1.19 bits per heavy atom. The zero-order valence-corrected chi connectivity index (χ0v) is 12.3. The largest absolute Gasteiger partial charge is 0.395 e. The van der Waals surface area contributed by atoms with Crippen molar-refractivity contribution in [3.63, 3.8) is 0 Å². The first-order valence-corrected chi connectivity index (χ1v) is 8.01. The minimum absolute atomic E-state index is 0.0699. The van der Waals surface area contributed by atoms with Crippen molar-refractivity contribution in [1.29, 1.82) is 0 Å². The molecular weight excluding hydrogens is 278 g/mol. The third-order valence-electron chi connectivity index (χ3n) is 5.07. The van der Waals surface area contributed by atoms with Crippen molar-refractivity contribution in [1.82, 2.24) is 9.80 Å². The molecule has 0 bridgehead atoms. The van der Waals surface area contributed by atoms with Crippen LogP contribution in [0.5, 0.6) is 0 Å². The number of halogens is 2. The summed E-state index contributed by atoms with van der Waals surface area (Å²) in [6.45, 7) is 0.863. The summed E-state index contributed by atoms with van der Waals surface area (Å²) in [7, 11) is 0. The third-order valence-corrected chi connectivity index (χ3v) is 5.07. The number of rotatable bonds is 4. The van der Waals surface area contributed by atoms with E-state index in [4.69, 9.17) is 0 Å². The van der Waals surface area contributed by atoms with Crippen LogP contribution in [0.2, 0.25) is 0 Å². The highest BCUT2D eigenvalue weighted by molar-refractivity contribution is 5.76. The first-order valence-electron chi connectivity index (χ1n) is 8.01. The van der Waals surface area contributed by atoms with Crippen molar-refractivity contribution in [2.24, 2.45) is 5.92 Å². The number of likely N-dealkylation sites (tertiary alicyclic amines) is 2. The fourth-order valence-corrected chi connectivity index (χ4v) is 3.66. The van der Waals surface area contributed by atoms with E-state index >= 15 is 0 Å². The van der Waals surface area contributed by atoms with Gasteiger partial charge < -0.3 is 10.0 Å². The monoisotopic (exact) mass is 302 g/mol. The van der Waals surface area contributed by atoms with Crippen LogP contribution >= 0.6 is 0 Å². The van der Waals surface area contributed by atoms with Gasteiger partial charge in [0.25, 0.3) is 5.92 Å². The lowest BCUT2D eigenvalue weighted by Crippen LogP contribution is -2.49. The number of aliphatic hydroxyl groups is 1. The average molecular weight is 302 g/mol. The normalized spacial score (nSPS) is 30.8. The van der Waals surface area contributed by atoms with Crippen molar-refractivity contribution in [2.45, 2.75) is 56.5 Å². The van der Waals surface area contributed by atoms with Gasteiger partial charge in [-0.05, 0) is 31.6 Å². The molecule has 120 valence electrons. The Morgan fingerprint density at radius 3 is 2.43 bits per heavy atom. The van der Waals surface area contributed by atoms with Gasteiger partial charge in [0, 0.05) is 38.0 Å². The van der Waals surface area contributed by atoms with Crippen LogP contribution < -0.4 is 0 Å². The van der Waals surface area contributed by atoms with E-state index < -0.39 is 12.0 Å². The molecule has 2 aliphatic heterocycles. The fourth-order valence-electron chi connectivity index (χ4n) is 3.66. The molecule has 1 N–H and O–H groups in total. The molecular formula is C15H24F2N2O2. The van der Waals surface area contributed by atoms with Gasteiger partial charge in [-0.2, -0.15) is 0 Å². The molecule has 3 fully saturated rings. The quantitative estimate of drug-likeness (QED) is 0.855. The maximum Gasteiger partial charge on any atom is 0.262 e. The molecule has 21 heavy (non-hydrogen) atoms. The first-order chi connectivity index (χ1) is 9.98. The summed E-state index contributed by atoms with van der Waals surface area (Å²) in [5.74, 6) is -1.88. The van der Waals surface area contributed by atoms with E-state index in [1.54, 1.807) is 4.90 Å². The van der Waals surface area contributed by atoms with Crippen LogP contribution in [0, 0.1) is 5.92 Å². The zero-order valence-electron chi connectivity index (χ0n) is 12.3. The predicted octanol–water partition coefficient (Wildman–Crippen LogP) is 1.48. The summed E-state index contributed by atoms with van der Waals surface area (Å²) < 4.78 is 27.0. The number of carbonyl (C=O) groups is 1. The number of piperidine rings is 1. The van der Waals surface area contributed by atoms with E-state index in [1.807, 2.05) is 4.90 Å². The zero-order chi connectivity index (χ0) is 15.0. The number of amides is 1. The third kappa shape index (κ3) is 3.54. The topological polar surface area (TPSA) is 43.8 Å². The van der Waals surface area contributed by atoms with E-state index in [0.717, 1.165) is 12.8 Å². The molecule has 3 aliphatic rings. The highest BCUT2D eigenvalue weighted by Crippen LogP contribution is 2.36. The maximum absolute atomic E-state index is 13.5. The molecule has 0 spiro atoms. The molecule has 0 aromatic heterocycles. The summed E-state index contributed by atoms with van der Waals surface area (Å²) in [4.78, 5) is 15.7. The second kappa shape index (κ2) is 5.80. The van der Waals surface area contributed by atoms with Gasteiger partial charge in [-0.25, -0.2) is 8.78 Å². The molecule has 0 aromatic rings. The lowest BCUT2D eigenvalue weighted by molar-refractivity contribution is -0.133. The average Bonchev–Trinajstić information content (AvgIpc) is 3.21. The van der Waals surface area contributed by atoms with Gasteiger partial charge in [-0.3, -0.25) is 9.69 Å².